The van der Waals surface area contributed by atoms with E-state index in [1.165, 1.54) is 16.9 Å². The van der Waals surface area contributed by atoms with E-state index in [1.54, 1.807) is 0 Å². The van der Waals surface area contributed by atoms with Crippen LogP contribution in [0.3, 0.4) is 0 Å². The van der Waals surface area contributed by atoms with Crippen molar-refractivity contribution in [1.29, 1.82) is 0 Å². The molecule has 1 fully saturated rings. The molecule has 7 heteroatoms. The number of aryl methyl sites for hydroxylation is 1. The predicted octanol–water partition coefficient (Wildman–Crippen LogP) is 5.65. The molecule has 1 aliphatic heterocycles. The number of hydrogen-bond donors (Lipinski definition) is 1. The average molecular weight is 461 g/mol. The molecule has 0 spiro atoms. The number of carbonyl (C=O) groups excluding carboxylic acids is 1. The molecule has 1 N–H and O–H groups in total. The SMILES string of the molecule is Cc1ccc(-c2ccc(C(=O)Nc3ccc4oc(N(C)C5CCN(C)CC5)nc4c3)s2)cc1. The summed E-state index contributed by atoms with van der Waals surface area (Å²) in [4.78, 5) is 23.8. The second-order valence-corrected chi connectivity index (χ2v) is 9.89. The van der Waals surface area contributed by atoms with E-state index in [2.05, 4.69) is 53.4 Å². The van der Waals surface area contributed by atoms with E-state index in [0.29, 0.717) is 22.6 Å². The number of aromatic nitrogens is 1. The molecule has 1 amide bonds. The van der Waals surface area contributed by atoms with Gasteiger partial charge in [-0.2, -0.15) is 4.98 Å². The van der Waals surface area contributed by atoms with Crippen LogP contribution in [0.5, 0.6) is 0 Å². The van der Waals surface area contributed by atoms with Gasteiger partial charge < -0.3 is 19.5 Å². The van der Waals surface area contributed by atoms with Crippen molar-refractivity contribution in [3.05, 3.63) is 65.0 Å². The molecule has 0 unspecified atom stereocenters. The number of hydrogen-bond acceptors (Lipinski definition) is 6. The van der Waals surface area contributed by atoms with E-state index in [1.807, 2.05) is 37.4 Å². The fraction of sp³-hybridized carbons (Fsp3) is 0.308. The Bertz CT molecular complexity index is 1270. The van der Waals surface area contributed by atoms with Crippen molar-refractivity contribution in [2.45, 2.75) is 25.8 Å². The van der Waals surface area contributed by atoms with E-state index in [0.717, 1.165) is 47.5 Å². The lowest BCUT2D eigenvalue weighted by atomic mass is 10.0. The molecule has 0 saturated carbocycles. The highest BCUT2D eigenvalue weighted by atomic mass is 32.1. The zero-order valence-corrected chi connectivity index (χ0v) is 20.0. The summed E-state index contributed by atoms with van der Waals surface area (Å²) < 4.78 is 6.01. The predicted molar refractivity (Wildman–Crippen MR) is 135 cm³/mol. The van der Waals surface area contributed by atoms with Crippen LogP contribution in [0.25, 0.3) is 21.5 Å². The van der Waals surface area contributed by atoms with Gasteiger partial charge in [-0.3, -0.25) is 4.79 Å². The lowest BCUT2D eigenvalue weighted by Crippen LogP contribution is -2.42. The highest BCUT2D eigenvalue weighted by Crippen LogP contribution is 2.30. The van der Waals surface area contributed by atoms with E-state index < -0.39 is 0 Å². The molecule has 5 rings (SSSR count). The van der Waals surface area contributed by atoms with Crippen molar-refractivity contribution in [1.82, 2.24) is 9.88 Å². The second kappa shape index (κ2) is 9.00. The minimum atomic E-state index is -0.120. The zero-order valence-electron chi connectivity index (χ0n) is 19.2. The molecule has 33 heavy (non-hydrogen) atoms. The van der Waals surface area contributed by atoms with Crippen LogP contribution >= 0.6 is 11.3 Å². The van der Waals surface area contributed by atoms with Crippen LogP contribution in [0.1, 0.15) is 28.1 Å². The quantitative estimate of drug-likeness (QED) is 0.417. The second-order valence-electron chi connectivity index (χ2n) is 8.81. The number of thiophene rings is 1. The van der Waals surface area contributed by atoms with E-state index >= 15 is 0 Å². The molecule has 0 atom stereocenters. The molecular weight excluding hydrogens is 432 g/mol. The Balaban J connectivity index is 1.29. The smallest absolute Gasteiger partial charge is 0.298 e. The van der Waals surface area contributed by atoms with Crippen LogP contribution in [0.15, 0.2) is 59.0 Å². The maximum Gasteiger partial charge on any atom is 0.298 e. The zero-order chi connectivity index (χ0) is 22.9. The molecule has 4 aromatic rings. The molecular formula is C26H28N4O2S. The lowest BCUT2D eigenvalue weighted by molar-refractivity contribution is 0.103. The third-order valence-electron chi connectivity index (χ3n) is 6.34. The van der Waals surface area contributed by atoms with Gasteiger partial charge in [0.1, 0.15) is 5.52 Å². The Kier molecular flexibility index (Phi) is 5.91. The maximum absolute atomic E-state index is 12.8. The summed E-state index contributed by atoms with van der Waals surface area (Å²) in [6, 6.07) is 18.9. The summed E-state index contributed by atoms with van der Waals surface area (Å²) in [5.74, 6) is -0.120. The maximum atomic E-state index is 12.8. The number of oxazole rings is 1. The third-order valence-corrected chi connectivity index (χ3v) is 7.47. The summed E-state index contributed by atoms with van der Waals surface area (Å²) in [7, 11) is 4.21. The van der Waals surface area contributed by atoms with Gasteiger partial charge in [-0.1, -0.05) is 29.8 Å². The Hall–Kier alpha value is -3.16. The Morgan fingerprint density at radius 2 is 1.88 bits per heavy atom. The Morgan fingerprint density at radius 1 is 1.12 bits per heavy atom. The largest absolute Gasteiger partial charge is 0.423 e. The lowest BCUT2D eigenvalue weighted by Gasteiger charge is -2.34. The minimum absolute atomic E-state index is 0.120. The standard InChI is InChI=1S/C26H28N4O2S/c1-17-4-6-18(7-5-17)23-10-11-24(33-23)25(31)27-19-8-9-22-21(16-19)28-26(32-22)30(3)20-12-14-29(2)15-13-20/h4-11,16,20H,12-15H2,1-3H3,(H,27,31). The van der Waals surface area contributed by atoms with Crippen LogP contribution in [-0.4, -0.2) is 49.0 Å². The summed E-state index contributed by atoms with van der Waals surface area (Å²) in [6.45, 7) is 4.23. The first kappa shape index (κ1) is 21.7. The summed E-state index contributed by atoms with van der Waals surface area (Å²) in [5, 5.41) is 3.00. The number of benzene rings is 2. The topological polar surface area (TPSA) is 61.6 Å². The van der Waals surface area contributed by atoms with E-state index in [4.69, 9.17) is 9.40 Å². The number of piperidine rings is 1. The van der Waals surface area contributed by atoms with Crippen molar-refractivity contribution >= 4 is 40.0 Å². The van der Waals surface area contributed by atoms with Crippen LogP contribution in [0.2, 0.25) is 0 Å². The van der Waals surface area contributed by atoms with Crippen molar-refractivity contribution in [2.24, 2.45) is 0 Å². The van der Waals surface area contributed by atoms with Gasteiger partial charge >= 0.3 is 0 Å². The van der Waals surface area contributed by atoms with Crippen LogP contribution in [-0.2, 0) is 0 Å². The van der Waals surface area contributed by atoms with Gasteiger partial charge in [-0.15, -0.1) is 11.3 Å². The monoisotopic (exact) mass is 460 g/mol. The van der Waals surface area contributed by atoms with Gasteiger partial charge in [-0.25, -0.2) is 0 Å². The number of carbonyl (C=O) groups is 1. The van der Waals surface area contributed by atoms with Crippen molar-refractivity contribution < 1.29 is 9.21 Å². The van der Waals surface area contributed by atoms with Gasteiger partial charge in [0.15, 0.2) is 5.58 Å². The minimum Gasteiger partial charge on any atom is -0.423 e. The molecule has 6 nitrogen and oxygen atoms in total. The number of amides is 1. The number of nitrogens with zero attached hydrogens (tertiary/aromatic N) is 3. The van der Waals surface area contributed by atoms with Crippen molar-refractivity contribution in [2.75, 3.05) is 37.4 Å². The van der Waals surface area contributed by atoms with E-state index in [9.17, 15) is 4.79 Å². The molecule has 0 aliphatic carbocycles. The molecule has 1 aliphatic rings. The Labute approximate surface area is 197 Å². The van der Waals surface area contributed by atoms with Gasteiger partial charge in [0, 0.05) is 23.7 Å². The fourth-order valence-electron chi connectivity index (χ4n) is 4.21. The highest BCUT2D eigenvalue weighted by molar-refractivity contribution is 7.17. The van der Waals surface area contributed by atoms with Crippen LogP contribution in [0, 0.1) is 6.92 Å². The first-order valence-corrected chi connectivity index (χ1v) is 12.1. The van der Waals surface area contributed by atoms with Crippen LogP contribution in [0.4, 0.5) is 11.7 Å². The van der Waals surface area contributed by atoms with Crippen molar-refractivity contribution in [3.8, 4) is 10.4 Å². The number of fused-ring (bicyclic) bond motifs is 1. The van der Waals surface area contributed by atoms with Gasteiger partial charge in [0.05, 0.1) is 4.88 Å². The van der Waals surface area contributed by atoms with Gasteiger partial charge in [0.2, 0.25) is 0 Å². The van der Waals surface area contributed by atoms with Gasteiger partial charge in [-0.05, 0) is 75.8 Å². The molecule has 2 aromatic carbocycles. The summed E-state index contributed by atoms with van der Waals surface area (Å²) in [6.07, 6.45) is 2.19. The van der Waals surface area contributed by atoms with Gasteiger partial charge in [0.25, 0.3) is 11.9 Å². The molecule has 0 radical (unpaired) electrons. The average Bonchev–Trinajstić information content (AvgIpc) is 3.47. The molecule has 0 bridgehead atoms. The molecule has 2 aromatic heterocycles. The molecule has 3 heterocycles. The normalized spacial score (nSPS) is 15.1. The van der Waals surface area contributed by atoms with Crippen molar-refractivity contribution in [3.63, 3.8) is 0 Å². The third kappa shape index (κ3) is 4.65. The number of anilines is 2. The first-order valence-electron chi connectivity index (χ1n) is 11.3. The number of nitrogens with one attached hydrogen (secondary N) is 1. The number of likely N-dealkylation sites (tertiary alicyclic amines) is 1. The Morgan fingerprint density at radius 3 is 2.64 bits per heavy atom. The molecule has 170 valence electrons. The van der Waals surface area contributed by atoms with Crippen LogP contribution < -0.4 is 10.2 Å². The first-order chi connectivity index (χ1) is 16.0. The summed E-state index contributed by atoms with van der Waals surface area (Å²) in [5.41, 5.74) is 4.52. The van der Waals surface area contributed by atoms with E-state index in [-0.39, 0.29) is 5.91 Å². The number of rotatable bonds is 5. The molecule has 1 saturated heterocycles. The fourth-order valence-corrected chi connectivity index (χ4v) is 5.11. The summed E-state index contributed by atoms with van der Waals surface area (Å²) >= 11 is 1.49. The highest BCUT2D eigenvalue weighted by Gasteiger charge is 2.24.